The smallest absolute Gasteiger partial charge is 0.262 e. The number of benzene rings is 1. The molecule has 3 rings (SSSR count). The van der Waals surface area contributed by atoms with Crippen LogP contribution in [0.15, 0.2) is 16.9 Å². The molecule has 6 nitrogen and oxygen atoms in total. The van der Waals surface area contributed by atoms with Gasteiger partial charge in [0.2, 0.25) is 11.8 Å². The maximum atomic E-state index is 12.8. The summed E-state index contributed by atoms with van der Waals surface area (Å²) < 4.78 is 9.39. The molecule has 1 atom stereocenters. The Morgan fingerprint density at radius 2 is 2.09 bits per heavy atom. The number of amides is 2. The molecule has 22 heavy (non-hydrogen) atoms. The van der Waals surface area contributed by atoms with E-state index >= 15 is 0 Å². The van der Waals surface area contributed by atoms with Crippen molar-refractivity contribution in [1.29, 1.82) is 0 Å². The number of nitrogens with zero attached hydrogens (tertiary/aromatic N) is 2. The summed E-state index contributed by atoms with van der Waals surface area (Å²) in [5.41, 5.74) is -0.345. The van der Waals surface area contributed by atoms with Crippen LogP contribution in [0.25, 0.3) is 10.9 Å². The number of aromatic nitrogens is 2. The van der Waals surface area contributed by atoms with Crippen LogP contribution >= 0.6 is 23.2 Å². The van der Waals surface area contributed by atoms with Crippen molar-refractivity contribution in [2.45, 2.75) is 25.8 Å². The van der Waals surface area contributed by atoms with Gasteiger partial charge in [-0.15, -0.1) is 0 Å². The highest BCUT2D eigenvalue weighted by Crippen LogP contribution is 2.26. The maximum absolute atomic E-state index is 12.8. The third-order valence-corrected chi connectivity index (χ3v) is 3.94. The van der Waals surface area contributed by atoms with Gasteiger partial charge in [-0.3, -0.25) is 24.3 Å². The Balaban J connectivity index is 2.32. The van der Waals surface area contributed by atoms with Crippen molar-refractivity contribution in [1.82, 2.24) is 14.9 Å². The number of halogens is 2. The summed E-state index contributed by atoms with van der Waals surface area (Å²) in [4.78, 5) is 40.5. The minimum atomic E-state index is -1.94. The first kappa shape index (κ1) is 13.7. The lowest BCUT2D eigenvalue weighted by molar-refractivity contribution is -0.135. The number of carbonyl (C=O) groups excluding carboxylic acids is 2. The topological polar surface area (TPSA) is 81.1 Å². The molecule has 0 spiro atoms. The second-order valence-corrected chi connectivity index (χ2v) is 5.75. The number of hydrogen-bond acceptors (Lipinski definition) is 4. The molecule has 0 saturated carbocycles. The van der Waals surface area contributed by atoms with Gasteiger partial charge < -0.3 is 0 Å². The van der Waals surface area contributed by atoms with Crippen molar-refractivity contribution in [2.24, 2.45) is 0 Å². The predicted molar refractivity (Wildman–Crippen MR) is 82.2 cm³/mol. The molecule has 0 radical (unpaired) electrons. The Morgan fingerprint density at radius 1 is 1.36 bits per heavy atom. The van der Waals surface area contributed by atoms with Crippen LogP contribution in [0.4, 0.5) is 0 Å². The minimum absolute atomic E-state index is 0.0323. The third kappa shape index (κ3) is 2.38. The summed E-state index contributed by atoms with van der Waals surface area (Å²) in [5.74, 6) is -1.16. The largest absolute Gasteiger partial charge is 0.295 e. The van der Waals surface area contributed by atoms with Crippen LogP contribution in [0.2, 0.25) is 10.0 Å². The van der Waals surface area contributed by atoms with Crippen molar-refractivity contribution in [3.63, 3.8) is 0 Å². The van der Waals surface area contributed by atoms with Gasteiger partial charge in [-0.05, 0) is 25.5 Å². The first-order valence-electron chi connectivity index (χ1n) is 6.97. The Labute approximate surface area is 136 Å². The van der Waals surface area contributed by atoms with Gasteiger partial charge in [-0.25, -0.2) is 4.98 Å². The van der Waals surface area contributed by atoms with Crippen molar-refractivity contribution in [3.05, 3.63) is 38.4 Å². The van der Waals surface area contributed by atoms with Gasteiger partial charge in [0, 0.05) is 11.4 Å². The fourth-order valence-corrected chi connectivity index (χ4v) is 3.00. The number of nitrogens with one attached hydrogen (secondary N) is 1. The number of carbonyl (C=O) groups is 2. The van der Waals surface area contributed by atoms with E-state index in [1.165, 1.54) is 19.1 Å². The summed E-state index contributed by atoms with van der Waals surface area (Å²) in [6.07, 6.45) is -0.143. The summed E-state index contributed by atoms with van der Waals surface area (Å²) in [5, 5.41) is 2.66. The molecule has 0 aliphatic carbocycles. The quantitative estimate of drug-likeness (QED) is 0.805. The normalized spacial score (nSPS) is 22.6. The lowest BCUT2D eigenvalue weighted by Crippen LogP contribution is -2.45. The molecule has 2 aromatic rings. The molecule has 1 fully saturated rings. The van der Waals surface area contributed by atoms with E-state index in [0.717, 1.165) is 4.57 Å². The highest BCUT2D eigenvalue weighted by molar-refractivity contribution is 6.38. The van der Waals surface area contributed by atoms with Gasteiger partial charge in [0.15, 0.2) is 0 Å². The molecular weight excluding hydrogens is 329 g/mol. The van der Waals surface area contributed by atoms with Crippen LogP contribution in [0.1, 0.15) is 26.1 Å². The van der Waals surface area contributed by atoms with Gasteiger partial charge in [-0.1, -0.05) is 23.2 Å². The fraction of sp³-hybridized carbons (Fsp3) is 0.286. The molecule has 2 heterocycles. The Kier molecular flexibility index (Phi) is 3.35. The molecule has 8 heteroatoms. The Morgan fingerprint density at radius 3 is 2.77 bits per heavy atom. The van der Waals surface area contributed by atoms with E-state index in [1.54, 1.807) is 0 Å². The lowest BCUT2D eigenvalue weighted by Gasteiger charge is -2.24. The lowest BCUT2D eigenvalue weighted by atomic mass is 10.1. The molecule has 1 N–H and O–H groups in total. The molecular formula is C14H11Cl2N3O3. The number of fused-ring (bicyclic) bond motifs is 1. The van der Waals surface area contributed by atoms with Crippen LogP contribution in [0.3, 0.4) is 0 Å². The fourth-order valence-electron chi connectivity index (χ4n) is 2.46. The zero-order chi connectivity index (χ0) is 16.9. The maximum Gasteiger partial charge on any atom is 0.262 e. The SMILES string of the molecule is [2H][C@@]1(n2c(C)nc3c(Cl)cc(Cl)cc3c2=O)CCC(=O)NC1=O. The molecule has 1 aliphatic rings. The van der Waals surface area contributed by atoms with Crippen LogP contribution in [0, 0.1) is 6.92 Å². The summed E-state index contributed by atoms with van der Waals surface area (Å²) >= 11 is 12.0. The van der Waals surface area contributed by atoms with Crippen molar-refractivity contribution < 1.29 is 11.0 Å². The monoisotopic (exact) mass is 340 g/mol. The Bertz CT molecular complexity index is 928. The van der Waals surface area contributed by atoms with E-state index in [4.69, 9.17) is 24.6 Å². The van der Waals surface area contributed by atoms with Crippen LogP contribution in [-0.2, 0) is 9.59 Å². The van der Waals surface area contributed by atoms with E-state index < -0.39 is 23.4 Å². The van der Waals surface area contributed by atoms with E-state index in [-0.39, 0.29) is 39.6 Å². The van der Waals surface area contributed by atoms with Gasteiger partial charge in [-0.2, -0.15) is 0 Å². The average Bonchev–Trinajstić information content (AvgIpc) is 2.45. The number of aryl methyl sites for hydroxylation is 1. The second kappa shape index (κ2) is 5.37. The van der Waals surface area contributed by atoms with Gasteiger partial charge in [0.25, 0.3) is 5.56 Å². The first-order valence-corrected chi connectivity index (χ1v) is 7.23. The average molecular weight is 341 g/mol. The summed E-state index contributed by atoms with van der Waals surface area (Å²) in [6, 6.07) is 0.915. The zero-order valence-corrected chi connectivity index (χ0v) is 13.0. The van der Waals surface area contributed by atoms with Crippen LogP contribution in [-0.4, -0.2) is 21.4 Å². The standard InChI is InChI=1S/C14H11Cl2N3O3/c1-6-17-12-8(4-7(15)5-9(12)16)14(22)19(6)10-2-3-11(20)18-13(10)21/h4-5,10H,2-3H2,1H3,(H,18,20,21)/t10-/m1/s1/i10D. The summed E-state index contributed by atoms with van der Waals surface area (Å²) in [6.45, 7) is 1.51. The van der Waals surface area contributed by atoms with E-state index in [1.807, 2.05) is 0 Å². The van der Waals surface area contributed by atoms with E-state index in [2.05, 4.69) is 10.3 Å². The van der Waals surface area contributed by atoms with Gasteiger partial charge >= 0.3 is 0 Å². The highest BCUT2D eigenvalue weighted by Gasteiger charge is 2.30. The highest BCUT2D eigenvalue weighted by atomic mass is 35.5. The van der Waals surface area contributed by atoms with E-state index in [9.17, 15) is 14.4 Å². The number of hydrogen-bond donors (Lipinski definition) is 1. The molecule has 1 saturated heterocycles. The van der Waals surface area contributed by atoms with Crippen LogP contribution < -0.4 is 10.9 Å². The van der Waals surface area contributed by atoms with Crippen molar-refractivity contribution in [2.75, 3.05) is 0 Å². The molecule has 1 aromatic carbocycles. The predicted octanol–water partition coefficient (Wildman–Crippen LogP) is 1.99. The second-order valence-electron chi connectivity index (χ2n) is 4.91. The number of imide groups is 1. The minimum Gasteiger partial charge on any atom is -0.295 e. The van der Waals surface area contributed by atoms with Gasteiger partial charge in [0.05, 0.1) is 17.3 Å². The molecule has 114 valence electrons. The zero-order valence-electron chi connectivity index (χ0n) is 12.4. The molecule has 1 aromatic heterocycles. The molecule has 0 bridgehead atoms. The third-order valence-electron chi connectivity index (χ3n) is 3.43. The van der Waals surface area contributed by atoms with Crippen LogP contribution in [0.5, 0.6) is 0 Å². The van der Waals surface area contributed by atoms with Gasteiger partial charge in [0.1, 0.15) is 11.8 Å². The van der Waals surface area contributed by atoms with Crippen molar-refractivity contribution in [3.8, 4) is 0 Å². The van der Waals surface area contributed by atoms with Crippen molar-refractivity contribution >= 4 is 45.9 Å². The number of piperidine rings is 1. The van der Waals surface area contributed by atoms with E-state index in [0.29, 0.717) is 0 Å². The molecule has 0 unspecified atom stereocenters. The summed E-state index contributed by atoms with van der Waals surface area (Å²) in [7, 11) is 0. The molecule has 2 amide bonds. The first-order chi connectivity index (χ1) is 10.7. The number of rotatable bonds is 1. The molecule has 1 aliphatic heterocycles. The Hall–Kier alpha value is -1.92.